The Balaban J connectivity index is 1.90. The van der Waals surface area contributed by atoms with Crippen molar-refractivity contribution in [2.45, 2.75) is 19.8 Å². The van der Waals surface area contributed by atoms with Gasteiger partial charge in [-0.05, 0) is 16.7 Å². The number of rotatable bonds is 6. The monoisotopic (exact) mass is 283 g/mol. The van der Waals surface area contributed by atoms with Crippen LogP contribution in [0.25, 0.3) is 0 Å². The van der Waals surface area contributed by atoms with Gasteiger partial charge in [-0.25, -0.2) is 0 Å². The first kappa shape index (κ1) is 15.1. The molecule has 0 aliphatic carbocycles. The van der Waals surface area contributed by atoms with Gasteiger partial charge in [0.1, 0.15) is 0 Å². The van der Waals surface area contributed by atoms with Crippen molar-refractivity contribution in [1.29, 1.82) is 0 Å². The fourth-order valence-electron chi connectivity index (χ4n) is 1.99. The molecule has 0 radical (unpaired) electrons. The van der Waals surface area contributed by atoms with E-state index in [0.29, 0.717) is 25.7 Å². The number of aliphatic imine (C=N–C) groups is 1. The lowest BCUT2D eigenvalue weighted by atomic mass is 10.1. The summed E-state index contributed by atoms with van der Waals surface area (Å²) in [6, 6.07) is 18.3. The molecule has 0 aromatic heterocycles. The Morgan fingerprint density at radius 2 is 1.67 bits per heavy atom. The normalized spacial score (nSPS) is 11.4. The number of guanidine groups is 1. The Hall–Kier alpha value is -2.33. The molecule has 4 heteroatoms. The lowest BCUT2D eigenvalue weighted by Crippen LogP contribution is -2.31. The number of benzene rings is 2. The molecule has 4 nitrogen and oxygen atoms in total. The van der Waals surface area contributed by atoms with E-state index >= 15 is 0 Å². The Kier molecular flexibility index (Phi) is 5.79. The molecule has 0 amide bonds. The van der Waals surface area contributed by atoms with Crippen LogP contribution in [0.15, 0.2) is 59.6 Å². The van der Waals surface area contributed by atoms with Gasteiger partial charge in [-0.1, -0.05) is 54.6 Å². The molecule has 0 saturated carbocycles. The Bertz CT molecular complexity index is 582. The minimum absolute atomic E-state index is 0.440. The van der Waals surface area contributed by atoms with Crippen LogP contribution in [0.4, 0.5) is 0 Å². The first-order valence-corrected chi connectivity index (χ1v) is 6.94. The molecule has 0 aliphatic rings. The van der Waals surface area contributed by atoms with Gasteiger partial charge in [0.15, 0.2) is 5.96 Å². The van der Waals surface area contributed by atoms with Crippen LogP contribution in [-0.2, 0) is 24.5 Å². The predicted molar refractivity (Wildman–Crippen MR) is 85.8 cm³/mol. The molecular formula is C17H21N3O. The topological polar surface area (TPSA) is 59.6 Å². The van der Waals surface area contributed by atoms with Gasteiger partial charge in [-0.3, -0.25) is 4.99 Å². The van der Waals surface area contributed by atoms with Gasteiger partial charge in [0.05, 0.1) is 13.2 Å². The van der Waals surface area contributed by atoms with Gasteiger partial charge in [0.25, 0.3) is 0 Å². The number of hydrogen-bond donors (Lipinski definition) is 2. The Morgan fingerprint density at radius 1 is 1.00 bits per heavy atom. The van der Waals surface area contributed by atoms with E-state index in [1.165, 1.54) is 5.56 Å². The molecule has 0 aliphatic heterocycles. The van der Waals surface area contributed by atoms with Crippen LogP contribution in [0.1, 0.15) is 16.7 Å². The van der Waals surface area contributed by atoms with Crippen molar-refractivity contribution >= 4 is 5.96 Å². The number of hydrogen-bond acceptors (Lipinski definition) is 2. The van der Waals surface area contributed by atoms with Gasteiger partial charge in [-0.2, -0.15) is 0 Å². The van der Waals surface area contributed by atoms with Crippen LogP contribution in [0.2, 0.25) is 0 Å². The van der Waals surface area contributed by atoms with Crippen molar-refractivity contribution < 1.29 is 4.74 Å². The molecule has 110 valence electrons. The molecule has 2 aromatic carbocycles. The maximum atomic E-state index is 5.79. The minimum atomic E-state index is 0.440. The van der Waals surface area contributed by atoms with E-state index in [1.54, 1.807) is 7.05 Å². The third-order valence-electron chi connectivity index (χ3n) is 3.19. The lowest BCUT2D eigenvalue weighted by Gasteiger charge is -2.11. The van der Waals surface area contributed by atoms with E-state index in [4.69, 9.17) is 10.5 Å². The van der Waals surface area contributed by atoms with Crippen LogP contribution < -0.4 is 11.1 Å². The number of nitrogens with two attached hydrogens (primary N) is 1. The number of nitrogens with zero attached hydrogens (tertiary/aromatic N) is 1. The van der Waals surface area contributed by atoms with E-state index in [2.05, 4.69) is 34.6 Å². The van der Waals surface area contributed by atoms with Crippen molar-refractivity contribution in [1.82, 2.24) is 5.32 Å². The predicted octanol–water partition coefficient (Wildman–Crippen LogP) is 2.44. The van der Waals surface area contributed by atoms with Gasteiger partial charge in [-0.15, -0.1) is 0 Å². The molecule has 2 aromatic rings. The highest BCUT2D eigenvalue weighted by molar-refractivity contribution is 5.77. The van der Waals surface area contributed by atoms with Crippen LogP contribution in [0.3, 0.4) is 0 Å². The summed E-state index contributed by atoms with van der Waals surface area (Å²) in [4.78, 5) is 3.89. The van der Waals surface area contributed by atoms with Gasteiger partial charge < -0.3 is 15.8 Å². The fraction of sp³-hybridized carbons (Fsp3) is 0.235. The first-order chi connectivity index (χ1) is 10.3. The van der Waals surface area contributed by atoms with Gasteiger partial charge >= 0.3 is 0 Å². The third-order valence-corrected chi connectivity index (χ3v) is 3.19. The summed E-state index contributed by atoms with van der Waals surface area (Å²) in [5, 5.41) is 3.07. The Labute approximate surface area is 125 Å². The smallest absolute Gasteiger partial charge is 0.188 e. The molecule has 0 atom stereocenters. The van der Waals surface area contributed by atoms with E-state index < -0.39 is 0 Å². The van der Waals surface area contributed by atoms with Crippen LogP contribution >= 0.6 is 0 Å². The van der Waals surface area contributed by atoms with Crippen molar-refractivity contribution in [2.75, 3.05) is 7.05 Å². The standard InChI is InChI=1S/C17H21N3O/c1-19-17(18)20-11-15-9-5-6-10-16(15)13-21-12-14-7-3-2-4-8-14/h2-10H,11-13H2,1H3,(H3,18,19,20). The van der Waals surface area contributed by atoms with E-state index in [9.17, 15) is 0 Å². The first-order valence-electron chi connectivity index (χ1n) is 6.94. The average molecular weight is 283 g/mol. The highest BCUT2D eigenvalue weighted by Gasteiger charge is 2.02. The lowest BCUT2D eigenvalue weighted by molar-refractivity contribution is 0.106. The van der Waals surface area contributed by atoms with E-state index in [-0.39, 0.29) is 0 Å². The second kappa shape index (κ2) is 8.07. The Morgan fingerprint density at radius 3 is 2.38 bits per heavy atom. The van der Waals surface area contributed by atoms with E-state index in [1.807, 2.05) is 30.3 Å². The summed E-state index contributed by atoms with van der Waals surface area (Å²) in [6.45, 7) is 1.84. The third kappa shape index (κ3) is 4.93. The highest BCUT2D eigenvalue weighted by atomic mass is 16.5. The summed E-state index contributed by atoms with van der Waals surface area (Å²) in [6.07, 6.45) is 0. The summed E-state index contributed by atoms with van der Waals surface area (Å²) in [7, 11) is 1.66. The molecule has 0 spiro atoms. The van der Waals surface area contributed by atoms with Crippen LogP contribution in [0.5, 0.6) is 0 Å². The van der Waals surface area contributed by atoms with Crippen molar-refractivity contribution in [3.8, 4) is 0 Å². The summed E-state index contributed by atoms with van der Waals surface area (Å²) >= 11 is 0. The average Bonchev–Trinajstić information content (AvgIpc) is 2.54. The SMILES string of the molecule is CN=C(N)NCc1ccccc1COCc1ccccc1. The summed E-state index contributed by atoms with van der Waals surface area (Å²) in [5.74, 6) is 0.440. The second-order valence-electron chi connectivity index (χ2n) is 4.71. The molecule has 21 heavy (non-hydrogen) atoms. The zero-order valence-electron chi connectivity index (χ0n) is 12.3. The fourth-order valence-corrected chi connectivity index (χ4v) is 1.99. The maximum Gasteiger partial charge on any atom is 0.188 e. The minimum Gasteiger partial charge on any atom is -0.372 e. The molecule has 3 N–H and O–H groups in total. The number of nitrogens with one attached hydrogen (secondary N) is 1. The van der Waals surface area contributed by atoms with Crippen LogP contribution in [-0.4, -0.2) is 13.0 Å². The molecular weight excluding hydrogens is 262 g/mol. The zero-order valence-corrected chi connectivity index (χ0v) is 12.3. The summed E-state index contributed by atoms with van der Waals surface area (Å²) < 4.78 is 5.79. The molecule has 0 fully saturated rings. The van der Waals surface area contributed by atoms with Crippen molar-refractivity contribution in [3.05, 3.63) is 71.3 Å². The summed E-state index contributed by atoms with van der Waals surface area (Å²) in [5.41, 5.74) is 9.15. The molecule has 2 rings (SSSR count). The second-order valence-corrected chi connectivity index (χ2v) is 4.71. The highest BCUT2D eigenvalue weighted by Crippen LogP contribution is 2.11. The van der Waals surface area contributed by atoms with Crippen LogP contribution in [0, 0.1) is 0 Å². The molecule has 0 bridgehead atoms. The van der Waals surface area contributed by atoms with Gasteiger partial charge in [0.2, 0.25) is 0 Å². The maximum absolute atomic E-state index is 5.79. The van der Waals surface area contributed by atoms with Crippen molar-refractivity contribution in [3.63, 3.8) is 0 Å². The van der Waals surface area contributed by atoms with Gasteiger partial charge in [0, 0.05) is 13.6 Å². The largest absolute Gasteiger partial charge is 0.372 e. The quantitative estimate of drug-likeness (QED) is 0.632. The molecule has 0 heterocycles. The van der Waals surface area contributed by atoms with Crippen molar-refractivity contribution in [2.24, 2.45) is 10.7 Å². The molecule has 0 unspecified atom stereocenters. The molecule has 0 saturated heterocycles. The number of ether oxygens (including phenoxy) is 1. The van der Waals surface area contributed by atoms with E-state index in [0.717, 1.165) is 11.1 Å². The zero-order chi connectivity index (χ0) is 14.9.